The third-order valence-corrected chi connectivity index (χ3v) is 3.66. The van der Waals surface area contributed by atoms with Crippen LogP contribution < -0.4 is 5.32 Å². The van der Waals surface area contributed by atoms with E-state index in [4.69, 9.17) is 11.5 Å². The van der Waals surface area contributed by atoms with E-state index in [9.17, 15) is 9.59 Å². The molecule has 1 aromatic rings. The van der Waals surface area contributed by atoms with Gasteiger partial charge in [-0.3, -0.25) is 0 Å². The fourth-order valence-corrected chi connectivity index (χ4v) is 2.50. The number of urea groups is 1. The number of likely N-dealkylation sites (tertiary alicyclic amines) is 1. The highest BCUT2D eigenvalue weighted by Gasteiger charge is 2.29. The first-order valence-corrected chi connectivity index (χ1v) is 6.88. The van der Waals surface area contributed by atoms with Crippen LogP contribution in [0.25, 0.3) is 0 Å². The number of aliphatic carboxylic acids is 1. The van der Waals surface area contributed by atoms with E-state index in [1.165, 1.54) is 5.56 Å². The summed E-state index contributed by atoms with van der Waals surface area (Å²) in [6.45, 7) is 1.21. The van der Waals surface area contributed by atoms with Crippen molar-refractivity contribution in [3.05, 3.63) is 35.9 Å². The standard InChI is InChI=1S/C16H18N2O3/c1-2-6-14(15(19)20)17-16(21)18-10-9-13(11-18)12-7-4-3-5-8-12/h1,3-5,7-8,13-14H,6,9-11H2,(H,17,21)(H,19,20). The molecule has 1 aliphatic rings. The molecular formula is C16H18N2O3. The Kier molecular flexibility index (Phi) is 4.83. The van der Waals surface area contributed by atoms with Crippen LogP contribution in [0.2, 0.25) is 0 Å². The molecule has 0 aromatic heterocycles. The van der Waals surface area contributed by atoms with Gasteiger partial charge in [0.25, 0.3) is 0 Å². The van der Waals surface area contributed by atoms with Crippen LogP contribution in [0.4, 0.5) is 4.79 Å². The van der Waals surface area contributed by atoms with Gasteiger partial charge in [0.1, 0.15) is 6.04 Å². The number of carboxylic acids is 1. The molecule has 0 radical (unpaired) electrons. The number of carbonyl (C=O) groups excluding carboxylic acids is 1. The predicted octanol–water partition coefficient (Wildman–Crippen LogP) is 1.66. The quantitative estimate of drug-likeness (QED) is 0.827. The largest absolute Gasteiger partial charge is 0.480 e. The summed E-state index contributed by atoms with van der Waals surface area (Å²) in [5.41, 5.74) is 1.20. The second kappa shape index (κ2) is 6.80. The lowest BCUT2D eigenvalue weighted by atomic mass is 9.99. The van der Waals surface area contributed by atoms with Gasteiger partial charge < -0.3 is 15.3 Å². The first kappa shape index (κ1) is 14.9. The molecule has 0 aliphatic carbocycles. The van der Waals surface area contributed by atoms with Crippen molar-refractivity contribution < 1.29 is 14.7 Å². The Balaban J connectivity index is 1.93. The number of benzene rings is 1. The van der Waals surface area contributed by atoms with Gasteiger partial charge in [0, 0.05) is 25.4 Å². The van der Waals surface area contributed by atoms with E-state index >= 15 is 0 Å². The average molecular weight is 286 g/mol. The number of rotatable bonds is 4. The number of nitrogens with zero attached hydrogens (tertiary/aromatic N) is 1. The lowest BCUT2D eigenvalue weighted by molar-refractivity contribution is -0.139. The molecule has 2 atom stereocenters. The number of nitrogens with one attached hydrogen (secondary N) is 1. The van der Waals surface area contributed by atoms with Crippen LogP contribution in [0.5, 0.6) is 0 Å². The minimum absolute atomic E-state index is 0.0168. The molecular weight excluding hydrogens is 268 g/mol. The van der Waals surface area contributed by atoms with E-state index < -0.39 is 12.0 Å². The third-order valence-electron chi connectivity index (χ3n) is 3.66. The van der Waals surface area contributed by atoms with E-state index in [-0.39, 0.29) is 12.5 Å². The van der Waals surface area contributed by atoms with Crippen LogP contribution in [0.1, 0.15) is 24.3 Å². The molecule has 21 heavy (non-hydrogen) atoms. The summed E-state index contributed by atoms with van der Waals surface area (Å²) in [6, 6.07) is 8.61. The van der Waals surface area contributed by atoms with Crippen molar-refractivity contribution in [2.24, 2.45) is 0 Å². The molecule has 0 spiro atoms. The number of terminal acetylenes is 1. The smallest absolute Gasteiger partial charge is 0.327 e. The fraction of sp³-hybridized carbons (Fsp3) is 0.375. The van der Waals surface area contributed by atoms with Crippen molar-refractivity contribution in [3.63, 3.8) is 0 Å². The number of carbonyl (C=O) groups is 2. The maximum Gasteiger partial charge on any atom is 0.327 e. The molecule has 2 N–H and O–H groups in total. The predicted molar refractivity (Wildman–Crippen MR) is 78.8 cm³/mol. The molecule has 1 aliphatic heterocycles. The monoisotopic (exact) mass is 286 g/mol. The minimum atomic E-state index is -1.11. The number of hydrogen-bond acceptors (Lipinski definition) is 2. The number of hydrogen-bond donors (Lipinski definition) is 2. The van der Waals surface area contributed by atoms with E-state index in [0.29, 0.717) is 19.0 Å². The van der Waals surface area contributed by atoms with E-state index in [2.05, 4.69) is 11.2 Å². The highest BCUT2D eigenvalue weighted by Crippen LogP contribution is 2.26. The van der Waals surface area contributed by atoms with Crippen molar-refractivity contribution in [1.29, 1.82) is 0 Å². The molecule has 1 aromatic carbocycles. The summed E-state index contributed by atoms with van der Waals surface area (Å²) in [6.07, 6.45) is 5.98. The van der Waals surface area contributed by atoms with Gasteiger partial charge in [0.05, 0.1) is 0 Å². The maximum atomic E-state index is 12.1. The molecule has 0 bridgehead atoms. The molecule has 2 rings (SSSR count). The third kappa shape index (κ3) is 3.76. The first-order chi connectivity index (χ1) is 10.1. The molecule has 5 heteroatoms. The topological polar surface area (TPSA) is 69.6 Å². The maximum absolute atomic E-state index is 12.1. The SMILES string of the molecule is C#CCC(NC(=O)N1CCC(c2ccccc2)C1)C(=O)O. The van der Waals surface area contributed by atoms with E-state index in [0.717, 1.165) is 6.42 Å². The van der Waals surface area contributed by atoms with Gasteiger partial charge in [-0.05, 0) is 12.0 Å². The Labute approximate surface area is 124 Å². The van der Waals surface area contributed by atoms with Gasteiger partial charge in [-0.15, -0.1) is 12.3 Å². The number of amides is 2. The summed E-state index contributed by atoms with van der Waals surface area (Å²) < 4.78 is 0. The van der Waals surface area contributed by atoms with Gasteiger partial charge in [-0.25, -0.2) is 9.59 Å². The van der Waals surface area contributed by atoms with Gasteiger partial charge >= 0.3 is 12.0 Å². The Hall–Kier alpha value is -2.48. The van der Waals surface area contributed by atoms with E-state index in [1.54, 1.807) is 4.90 Å². The Morgan fingerprint density at radius 3 is 2.76 bits per heavy atom. The normalized spacial score (nSPS) is 18.8. The highest BCUT2D eigenvalue weighted by atomic mass is 16.4. The van der Waals surface area contributed by atoms with Crippen molar-refractivity contribution in [1.82, 2.24) is 10.2 Å². The number of carboxylic acid groups (broad SMARTS) is 1. The summed E-state index contributed by atoms with van der Waals surface area (Å²) >= 11 is 0. The molecule has 2 unspecified atom stereocenters. The summed E-state index contributed by atoms with van der Waals surface area (Å²) in [5.74, 6) is 1.45. The zero-order valence-corrected chi connectivity index (χ0v) is 11.7. The van der Waals surface area contributed by atoms with Gasteiger partial charge in [-0.1, -0.05) is 30.3 Å². The second-order valence-electron chi connectivity index (χ2n) is 5.09. The van der Waals surface area contributed by atoms with Gasteiger partial charge in [0.15, 0.2) is 0 Å². The van der Waals surface area contributed by atoms with Crippen LogP contribution >= 0.6 is 0 Å². The zero-order valence-electron chi connectivity index (χ0n) is 11.7. The van der Waals surface area contributed by atoms with Crippen LogP contribution in [0.3, 0.4) is 0 Å². The van der Waals surface area contributed by atoms with Crippen LogP contribution in [-0.2, 0) is 4.79 Å². The molecule has 1 fully saturated rings. The Morgan fingerprint density at radius 1 is 1.43 bits per heavy atom. The van der Waals surface area contributed by atoms with Crippen LogP contribution in [0, 0.1) is 12.3 Å². The molecule has 110 valence electrons. The molecule has 2 amide bonds. The highest BCUT2D eigenvalue weighted by molar-refractivity contribution is 5.83. The first-order valence-electron chi connectivity index (χ1n) is 6.88. The molecule has 0 saturated carbocycles. The molecule has 1 heterocycles. The van der Waals surface area contributed by atoms with Gasteiger partial charge in [0.2, 0.25) is 0 Å². The zero-order chi connectivity index (χ0) is 15.2. The van der Waals surface area contributed by atoms with Crippen molar-refractivity contribution in [2.75, 3.05) is 13.1 Å². The lowest BCUT2D eigenvalue weighted by Gasteiger charge is -2.20. The summed E-state index contributed by atoms with van der Waals surface area (Å²) in [5, 5.41) is 11.5. The average Bonchev–Trinajstić information content (AvgIpc) is 2.97. The van der Waals surface area contributed by atoms with Gasteiger partial charge in [-0.2, -0.15) is 0 Å². The summed E-state index contributed by atoms with van der Waals surface area (Å²) in [4.78, 5) is 24.7. The summed E-state index contributed by atoms with van der Waals surface area (Å²) in [7, 11) is 0. The minimum Gasteiger partial charge on any atom is -0.480 e. The second-order valence-corrected chi connectivity index (χ2v) is 5.09. The van der Waals surface area contributed by atoms with Crippen LogP contribution in [-0.4, -0.2) is 41.1 Å². The Bertz CT molecular complexity index is 550. The van der Waals surface area contributed by atoms with Crippen molar-refractivity contribution >= 4 is 12.0 Å². The Morgan fingerprint density at radius 2 is 2.14 bits per heavy atom. The van der Waals surface area contributed by atoms with Crippen molar-refractivity contribution in [2.45, 2.75) is 24.8 Å². The lowest BCUT2D eigenvalue weighted by Crippen LogP contribution is -2.47. The van der Waals surface area contributed by atoms with Crippen molar-refractivity contribution in [3.8, 4) is 12.3 Å². The van der Waals surface area contributed by atoms with Crippen LogP contribution in [0.15, 0.2) is 30.3 Å². The fourth-order valence-electron chi connectivity index (χ4n) is 2.50. The van der Waals surface area contributed by atoms with E-state index in [1.807, 2.05) is 30.3 Å². The molecule has 1 saturated heterocycles. The molecule has 5 nitrogen and oxygen atoms in total.